The summed E-state index contributed by atoms with van der Waals surface area (Å²) < 4.78 is 4.35. The van der Waals surface area contributed by atoms with Gasteiger partial charge in [0.25, 0.3) is 0 Å². The van der Waals surface area contributed by atoms with Crippen molar-refractivity contribution >= 4 is 11.9 Å². The third-order valence-corrected chi connectivity index (χ3v) is 1.04. The van der Waals surface area contributed by atoms with Crippen molar-refractivity contribution in [2.45, 2.75) is 6.42 Å². The summed E-state index contributed by atoms with van der Waals surface area (Å²) in [6.07, 6.45) is 1.34. The number of hydrogen-bond donors (Lipinski definition) is 1. The van der Waals surface area contributed by atoms with Gasteiger partial charge in [0.05, 0.1) is 13.5 Å². The highest BCUT2D eigenvalue weighted by molar-refractivity contribution is 5.87. The first-order valence-corrected chi connectivity index (χ1v) is 3.17. The number of carbonyl (C=O) groups is 2. The molecule has 0 heterocycles. The van der Waals surface area contributed by atoms with Crippen LogP contribution in [0.1, 0.15) is 7.85 Å². The molecular weight excluding hydrogens is 146 g/mol. The zero-order valence-corrected chi connectivity index (χ0v) is 6.42. The lowest BCUT2D eigenvalue weighted by Gasteiger charge is -1.99. The molecule has 0 fully saturated rings. The van der Waals surface area contributed by atoms with Gasteiger partial charge in [0.2, 0.25) is 5.91 Å². The van der Waals surface area contributed by atoms with Crippen LogP contribution >= 0.6 is 0 Å². The van der Waals surface area contributed by atoms with E-state index in [1.807, 2.05) is 0 Å². The Morgan fingerprint density at radius 3 is 2.82 bits per heavy atom. The minimum atomic E-state index is -0.339. The Morgan fingerprint density at radius 1 is 1.73 bits per heavy atom. The van der Waals surface area contributed by atoms with Crippen molar-refractivity contribution in [1.82, 2.24) is 5.32 Å². The number of hydrogen-bond acceptors (Lipinski definition) is 3. The molecule has 0 unspecified atom stereocenters. The molecule has 0 aromatic heterocycles. The van der Waals surface area contributed by atoms with Crippen LogP contribution in [0.3, 0.4) is 0 Å². The molecule has 0 spiro atoms. The van der Waals surface area contributed by atoms with E-state index in [1.165, 1.54) is 7.11 Å². The molecule has 0 aromatic rings. The van der Waals surface area contributed by atoms with E-state index in [1.54, 1.807) is 0 Å². The van der Waals surface area contributed by atoms with Crippen molar-refractivity contribution in [2.24, 2.45) is 0 Å². The summed E-state index contributed by atoms with van der Waals surface area (Å²) in [5.74, 6) is -0.622. The van der Waals surface area contributed by atoms with Gasteiger partial charge in [-0.25, -0.2) is 0 Å². The summed E-state index contributed by atoms with van der Waals surface area (Å²) in [4.78, 5) is 21.0. The molecule has 0 aliphatic carbocycles. The van der Waals surface area contributed by atoms with E-state index in [0.717, 1.165) is 6.08 Å². The fourth-order valence-electron chi connectivity index (χ4n) is 0.462. The highest BCUT2D eigenvalue weighted by Crippen LogP contribution is 1.80. The van der Waals surface area contributed by atoms with E-state index in [4.69, 9.17) is 0 Å². The minimum Gasteiger partial charge on any atom is -0.469 e. The molecule has 1 N–H and O–H groups in total. The molecule has 0 rings (SSSR count). The summed E-state index contributed by atoms with van der Waals surface area (Å²) in [6.45, 7) is 3.54. The molecule has 4 nitrogen and oxygen atoms in total. The number of amides is 1. The Hall–Kier alpha value is -1.32. The van der Waals surface area contributed by atoms with Crippen molar-refractivity contribution in [3.05, 3.63) is 12.7 Å². The first-order chi connectivity index (χ1) is 5.20. The molecule has 0 radical (unpaired) electrons. The lowest BCUT2D eigenvalue weighted by Crippen LogP contribution is -2.24. The molecule has 0 aliphatic rings. The summed E-state index contributed by atoms with van der Waals surface area (Å²) in [6, 6.07) is 0. The normalized spacial score (nSPS) is 8.45. The largest absolute Gasteiger partial charge is 0.469 e. The summed E-state index contributed by atoms with van der Waals surface area (Å²) >= 11 is 0. The van der Waals surface area contributed by atoms with E-state index < -0.39 is 0 Å². The maximum absolute atomic E-state index is 10.5. The van der Waals surface area contributed by atoms with E-state index in [2.05, 4.69) is 16.6 Å². The van der Waals surface area contributed by atoms with Crippen molar-refractivity contribution in [3.8, 4) is 0 Å². The molecule has 64 valence electrons. The second-order valence-electron chi connectivity index (χ2n) is 1.82. The van der Waals surface area contributed by atoms with Crippen LogP contribution in [0.15, 0.2) is 12.7 Å². The molecule has 0 aromatic carbocycles. The topological polar surface area (TPSA) is 55.4 Å². The van der Waals surface area contributed by atoms with E-state index in [0.29, 0.717) is 0 Å². The molecule has 0 aliphatic heterocycles. The van der Waals surface area contributed by atoms with Crippen LogP contribution in [0, 0.1) is 0 Å². The van der Waals surface area contributed by atoms with E-state index in [-0.39, 0.29) is 26.3 Å². The van der Waals surface area contributed by atoms with Gasteiger partial charge in [0.1, 0.15) is 0 Å². The Labute approximate surface area is 66.7 Å². The average Bonchev–Trinajstić information content (AvgIpc) is 2.04. The summed E-state index contributed by atoms with van der Waals surface area (Å²) in [5, 5.41) is 2.44. The number of esters is 1. The van der Waals surface area contributed by atoms with Gasteiger partial charge < -0.3 is 10.1 Å². The standard InChI is InChI=1S/C7H11NO3.H2/c1-3-6(9)8-5-4-7(10)11-2;/h3H,1,4-5H2,2H3,(H,8,9);1H. The van der Waals surface area contributed by atoms with E-state index in [9.17, 15) is 9.59 Å². The first-order valence-electron chi connectivity index (χ1n) is 3.17. The Kier molecular flexibility index (Phi) is 4.81. The van der Waals surface area contributed by atoms with Crippen molar-refractivity contribution in [1.29, 1.82) is 0 Å². The molecule has 4 heteroatoms. The first kappa shape index (κ1) is 9.68. The van der Waals surface area contributed by atoms with Crippen molar-refractivity contribution in [3.63, 3.8) is 0 Å². The lowest BCUT2D eigenvalue weighted by atomic mass is 10.4. The van der Waals surface area contributed by atoms with Crippen molar-refractivity contribution < 1.29 is 15.8 Å². The van der Waals surface area contributed by atoms with Gasteiger partial charge in [0, 0.05) is 7.97 Å². The van der Waals surface area contributed by atoms with Gasteiger partial charge in [-0.3, -0.25) is 9.59 Å². The molecule has 1 amide bonds. The van der Waals surface area contributed by atoms with Crippen LogP contribution in [0.2, 0.25) is 0 Å². The second kappa shape index (κ2) is 5.46. The minimum absolute atomic E-state index is 0. The second-order valence-corrected chi connectivity index (χ2v) is 1.82. The highest BCUT2D eigenvalue weighted by Gasteiger charge is 1.99. The zero-order valence-electron chi connectivity index (χ0n) is 6.42. The van der Waals surface area contributed by atoms with Crippen LogP contribution in [0.25, 0.3) is 0 Å². The SMILES string of the molecule is C=CC(=O)NCCC(=O)OC.[HH]. The Balaban J connectivity index is 0. The number of ether oxygens (including phenoxy) is 1. The van der Waals surface area contributed by atoms with Gasteiger partial charge in [0.15, 0.2) is 0 Å². The number of carbonyl (C=O) groups excluding carboxylic acids is 2. The molecule has 0 bridgehead atoms. The van der Waals surface area contributed by atoms with Gasteiger partial charge in [-0.2, -0.15) is 0 Å². The average molecular weight is 159 g/mol. The monoisotopic (exact) mass is 159 g/mol. The van der Waals surface area contributed by atoms with Gasteiger partial charge in [-0.05, 0) is 6.08 Å². The third-order valence-electron chi connectivity index (χ3n) is 1.04. The van der Waals surface area contributed by atoms with Crippen LogP contribution < -0.4 is 5.32 Å². The fraction of sp³-hybridized carbons (Fsp3) is 0.429. The van der Waals surface area contributed by atoms with Crippen LogP contribution in [-0.2, 0) is 14.3 Å². The number of nitrogens with one attached hydrogen (secondary N) is 1. The molecular formula is C7H13NO3. The highest BCUT2D eigenvalue weighted by atomic mass is 16.5. The smallest absolute Gasteiger partial charge is 0.307 e. The molecule has 0 atom stereocenters. The lowest BCUT2D eigenvalue weighted by molar-refractivity contribution is -0.140. The summed E-state index contributed by atoms with van der Waals surface area (Å²) in [7, 11) is 1.30. The van der Waals surface area contributed by atoms with Crippen LogP contribution in [-0.4, -0.2) is 25.5 Å². The fourth-order valence-corrected chi connectivity index (χ4v) is 0.462. The maximum atomic E-state index is 10.5. The molecule has 11 heavy (non-hydrogen) atoms. The molecule has 0 saturated carbocycles. The van der Waals surface area contributed by atoms with Gasteiger partial charge in [-0.15, -0.1) is 0 Å². The molecule has 0 saturated heterocycles. The Morgan fingerprint density at radius 2 is 2.36 bits per heavy atom. The predicted molar refractivity (Wildman–Crippen MR) is 42.0 cm³/mol. The summed E-state index contributed by atoms with van der Waals surface area (Å²) in [5.41, 5.74) is 0. The maximum Gasteiger partial charge on any atom is 0.307 e. The Bertz CT molecular complexity index is 170. The zero-order chi connectivity index (χ0) is 8.69. The number of rotatable bonds is 4. The quantitative estimate of drug-likeness (QED) is 0.467. The van der Waals surface area contributed by atoms with Crippen molar-refractivity contribution in [2.75, 3.05) is 13.7 Å². The third kappa shape index (κ3) is 5.14. The van der Waals surface area contributed by atoms with Crippen LogP contribution in [0.4, 0.5) is 0 Å². The van der Waals surface area contributed by atoms with Gasteiger partial charge >= 0.3 is 5.97 Å². The predicted octanol–water partition coefficient (Wildman–Crippen LogP) is 0.0977. The van der Waals surface area contributed by atoms with Crippen LogP contribution in [0.5, 0.6) is 0 Å². The van der Waals surface area contributed by atoms with E-state index >= 15 is 0 Å². The van der Waals surface area contributed by atoms with Gasteiger partial charge in [-0.1, -0.05) is 6.58 Å². The number of methoxy groups -OCH3 is 1.